The van der Waals surface area contributed by atoms with Crippen molar-refractivity contribution in [2.45, 2.75) is 6.42 Å². The van der Waals surface area contributed by atoms with Gasteiger partial charge in [-0.1, -0.05) is 17.4 Å². The van der Waals surface area contributed by atoms with E-state index in [1.807, 2.05) is 30.3 Å². The smallest absolute Gasteiger partial charge is 0.181 e. The molecule has 0 amide bonds. The lowest BCUT2D eigenvalue weighted by Gasteiger charge is -2.16. The lowest BCUT2D eigenvalue weighted by Crippen LogP contribution is -2.10. The van der Waals surface area contributed by atoms with Crippen LogP contribution in [-0.4, -0.2) is 16.6 Å². The number of rotatable bonds is 2. The summed E-state index contributed by atoms with van der Waals surface area (Å²) in [7, 11) is 0. The van der Waals surface area contributed by atoms with Crippen molar-refractivity contribution in [2.24, 2.45) is 0 Å². The van der Waals surface area contributed by atoms with E-state index in [-0.39, 0.29) is 0 Å². The summed E-state index contributed by atoms with van der Waals surface area (Å²) in [5.41, 5.74) is 9.79. The molecule has 1 aliphatic rings. The standard InChI is InChI=1S/C16H13N3O2S/c17-16-19-14(15(22-16)12-3-1-2-7-18-12)11-4-5-13-10(9-11)6-8-20-21-13/h1-5,7,9H,6,8H2,(H2,17,19). The van der Waals surface area contributed by atoms with Crippen LogP contribution in [-0.2, 0) is 11.3 Å². The average molecular weight is 311 g/mol. The Kier molecular flexibility index (Phi) is 3.25. The molecule has 0 atom stereocenters. The fourth-order valence-corrected chi connectivity index (χ4v) is 3.29. The Morgan fingerprint density at radius 2 is 2.14 bits per heavy atom. The van der Waals surface area contributed by atoms with Crippen molar-refractivity contribution in [3.05, 3.63) is 48.2 Å². The molecule has 0 unspecified atom stereocenters. The van der Waals surface area contributed by atoms with Crippen molar-refractivity contribution in [2.75, 3.05) is 12.3 Å². The Morgan fingerprint density at radius 1 is 1.18 bits per heavy atom. The Labute approximate surface area is 131 Å². The molecule has 2 N–H and O–H groups in total. The SMILES string of the molecule is Nc1nc(-c2ccc3c(c2)CCOO3)c(-c2ccccn2)s1. The molecule has 2 aromatic heterocycles. The summed E-state index contributed by atoms with van der Waals surface area (Å²) in [6, 6.07) is 11.8. The number of fused-ring (bicyclic) bond motifs is 1. The maximum Gasteiger partial charge on any atom is 0.181 e. The minimum atomic E-state index is 0.535. The van der Waals surface area contributed by atoms with Gasteiger partial charge in [-0.25, -0.2) is 4.98 Å². The average Bonchev–Trinajstić information content (AvgIpc) is 2.97. The van der Waals surface area contributed by atoms with Gasteiger partial charge in [0, 0.05) is 23.7 Å². The Bertz CT molecular complexity index is 818. The lowest BCUT2D eigenvalue weighted by molar-refractivity contribution is -0.215. The van der Waals surface area contributed by atoms with E-state index < -0.39 is 0 Å². The number of thiazole rings is 1. The van der Waals surface area contributed by atoms with Crippen LogP contribution >= 0.6 is 11.3 Å². The van der Waals surface area contributed by atoms with Crippen LogP contribution in [0.3, 0.4) is 0 Å². The fraction of sp³-hybridized carbons (Fsp3) is 0.125. The van der Waals surface area contributed by atoms with Gasteiger partial charge in [0.2, 0.25) is 0 Å². The molecule has 5 nitrogen and oxygen atoms in total. The van der Waals surface area contributed by atoms with Gasteiger partial charge in [-0.15, -0.1) is 0 Å². The fourth-order valence-electron chi connectivity index (χ4n) is 2.46. The third-order valence-electron chi connectivity index (χ3n) is 3.48. The number of hydrogen-bond donors (Lipinski definition) is 1. The van der Waals surface area contributed by atoms with Crippen molar-refractivity contribution in [3.63, 3.8) is 0 Å². The van der Waals surface area contributed by atoms with Crippen LogP contribution in [0.5, 0.6) is 5.75 Å². The molecule has 0 saturated carbocycles. The molecule has 0 saturated heterocycles. The first-order valence-corrected chi connectivity index (χ1v) is 7.73. The van der Waals surface area contributed by atoms with Gasteiger partial charge >= 0.3 is 0 Å². The van der Waals surface area contributed by atoms with Crippen molar-refractivity contribution < 1.29 is 9.78 Å². The first-order valence-electron chi connectivity index (χ1n) is 6.92. The summed E-state index contributed by atoms with van der Waals surface area (Å²) in [5.74, 6) is 0.762. The van der Waals surface area contributed by atoms with Crippen LogP contribution in [0, 0.1) is 0 Å². The molecule has 1 aromatic carbocycles. The predicted octanol–water partition coefficient (Wildman–Crippen LogP) is 3.32. The van der Waals surface area contributed by atoms with Crippen LogP contribution in [0.1, 0.15) is 5.56 Å². The molecular formula is C16H13N3O2S. The largest absolute Gasteiger partial charge is 0.375 e. The molecule has 0 radical (unpaired) electrons. The molecule has 22 heavy (non-hydrogen) atoms. The van der Waals surface area contributed by atoms with E-state index in [9.17, 15) is 0 Å². The molecule has 0 fully saturated rings. The zero-order valence-electron chi connectivity index (χ0n) is 11.7. The van der Waals surface area contributed by atoms with Crippen LogP contribution < -0.4 is 10.6 Å². The number of pyridine rings is 1. The minimum absolute atomic E-state index is 0.535. The Hall–Kier alpha value is -2.44. The molecule has 6 heteroatoms. The second kappa shape index (κ2) is 5.40. The Balaban J connectivity index is 1.83. The molecule has 1 aliphatic heterocycles. The first kappa shape index (κ1) is 13.2. The van der Waals surface area contributed by atoms with Gasteiger partial charge in [-0.2, -0.15) is 4.89 Å². The second-order valence-electron chi connectivity index (χ2n) is 4.92. The highest BCUT2D eigenvalue weighted by Crippen LogP contribution is 2.38. The highest BCUT2D eigenvalue weighted by molar-refractivity contribution is 7.19. The monoisotopic (exact) mass is 311 g/mol. The lowest BCUT2D eigenvalue weighted by atomic mass is 10.0. The third kappa shape index (κ3) is 2.32. The topological polar surface area (TPSA) is 70.3 Å². The highest BCUT2D eigenvalue weighted by atomic mass is 32.1. The number of anilines is 1. The summed E-state index contributed by atoms with van der Waals surface area (Å²) in [5, 5.41) is 0.535. The van der Waals surface area contributed by atoms with E-state index in [0.29, 0.717) is 11.7 Å². The minimum Gasteiger partial charge on any atom is -0.375 e. The van der Waals surface area contributed by atoms with Gasteiger partial charge in [0.25, 0.3) is 0 Å². The van der Waals surface area contributed by atoms with Gasteiger partial charge in [0.1, 0.15) is 0 Å². The van der Waals surface area contributed by atoms with Crippen LogP contribution in [0.4, 0.5) is 5.13 Å². The Morgan fingerprint density at radius 3 is 3.00 bits per heavy atom. The maximum absolute atomic E-state index is 5.93. The first-order chi connectivity index (χ1) is 10.8. The van der Waals surface area contributed by atoms with E-state index in [1.54, 1.807) is 6.20 Å². The van der Waals surface area contributed by atoms with Crippen molar-refractivity contribution >= 4 is 16.5 Å². The van der Waals surface area contributed by atoms with E-state index in [4.69, 9.17) is 15.5 Å². The summed E-state index contributed by atoms with van der Waals surface area (Å²) < 4.78 is 0. The molecule has 0 bridgehead atoms. The third-order valence-corrected chi connectivity index (χ3v) is 4.39. The zero-order valence-corrected chi connectivity index (χ0v) is 12.5. The maximum atomic E-state index is 5.93. The van der Waals surface area contributed by atoms with Crippen LogP contribution in [0.2, 0.25) is 0 Å². The zero-order chi connectivity index (χ0) is 14.9. The van der Waals surface area contributed by atoms with Crippen molar-refractivity contribution in [1.82, 2.24) is 9.97 Å². The molecule has 4 rings (SSSR count). The van der Waals surface area contributed by atoms with Gasteiger partial charge in [0.15, 0.2) is 10.9 Å². The van der Waals surface area contributed by atoms with Crippen LogP contribution in [0.25, 0.3) is 21.8 Å². The molecule has 3 aromatic rings. The number of benzene rings is 1. The van der Waals surface area contributed by atoms with Gasteiger partial charge in [-0.05, 0) is 30.3 Å². The van der Waals surface area contributed by atoms with E-state index in [0.717, 1.165) is 39.6 Å². The number of hydrogen-bond acceptors (Lipinski definition) is 6. The molecule has 110 valence electrons. The van der Waals surface area contributed by atoms with E-state index in [2.05, 4.69) is 16.0 Å². The number of nitrogens with two attached hydrogens (primary N) is 1. The summed E-state index contributed by atoms with van der Waals surface area (Å²) in [6.07, 6.45) is 2.59. The summed E-state index contributed by atoms with van der Waals surface area (Å²) in [4.78, 5) is 20.0. The van der Waals surface area contributed by atoms with Gasteiger partial charge < -0.3 is 10.6 Å². The van der Waals surface area contributed by atoms with E-state index >= 15 is 0 Å². The molecule has 3 heterocycles. The quantitative estimate of drug-likeness (QED) is 0.735. The number of aromatic nitrogens is 2. The number of nitrogen functional groups attached to an aromatic ring is 1. The summed E-state index contributed by atoms with van der Waals surface area (Å²) in [6.45, 7) is 0.558. The predicted molar refractivity (Wildman–Crippen MR) is 85.5 cm³/mol. The van der Waals surface area contributed by atoms with Crippen LogP contribution in [0.15, 0.2) is 42.6 Å². The van der Waals surface area contributed by atoms with E-state index in [1.165, 1.54) is 11.3 Å². The van der Waals surface area contributed by atoms with Crippen molar-refractivity contribution in [3.8, 4) is 27.6 Å². The normalized spacial score (nSPS) is 13.5. The van der Waals surface area contributed by atoms with Crippen molar-refractivity contribution in [1.29, 1.82) is 0 Å². The van der Waals surface area contributed by atoms with Gasteiger partial charge in [0.05, 0.1) is 22.9 Å². The molecule has 0 spiro atoms. The number of nitrogens with zero attached hydrogens (tertiary/aromatic N) is 2. The molecule has 0 aliphatic carbocycles. The van der Waals surface area contributed by atoms with Gasteiger partial charge in [-0.3, -0.25) is 4.98 Å². The molecular weight excluding hydrogens is 298 g/mol. The summed E-state index contributed by atoms with van der Waals surface area (Å²) >= 11 is 1.45. The highest BCUT2D eigenvalue weighted by Gasteiger charge is 2.18. The second-order valence-corrected chi connectivity index (χ2v) is 5.95.